The number of anilines is 1. The van der Waals surface area contributed by atoms with Crippen LogP contribution < -0.4 is 16.6 Å². The Morgan fingerprint density at radius 1 is 1.60 bits per heavy atom. The summed E-state index contributed by atoms with van der Waals surface area (Å²) in [5, 5.41) is 3.15. The van der Waals surface area contributed by atoms with Crippen molar-refractivity contribution in [3.63, 3.8) is 0 Å². The lowest BCUT2D eigenvalue weighted by atomic mass is 10.1. The van der Waals surface area contributed by atoms with Crippen molar-refractivity contribution < 1.29 is 4.28 Å². The SMILES string of the molecule is C=C(C)c1cccc(NC(C)(S)NN)c1.[HH].[HH].[HH]. The molecule has 0 radical (unpaired) electrons. The van der Waals surface area contributed by atoms with Gasteiger partial charge in [-0.05, 0) is 31.5 Å². The van der Waals surface area contributed by atoms with Crippen LogP contribution in [0.5, 0.6) is 0 Å². The first kappa shape index (κ1) is 12.1. The number of allylic oxidation sites excluding steroid dienone is 1. The van der Waals surface area contributed by atoms with Gasteiger partial charge in [-0.2, -0.15) is 0 Å². The molecule has 0 amide bonds. The molecule has 0 heterocycles. The van der Waals surface area contributed by atoms with Gasteiger partial charge in [0, 0.05) is 9.97 Å². The summed E-state index contributed by atoms with van der Waals surface area (Å²) in [5.41, 5.74) is 5.65. The number of rotatable bonds is 4. The van der Waals surface area contributed by atoms with E-state index in [9.17, 15) is 0 Å². The van der Waals surface area contributed by atoms with E-state index in [1.807, 2.05) is 38.1 Å². The van der Waals surface area contributed by atoms with Gasteiger partial charge in [0.05, 0.1) is 0 Å². The first-order valence-corrected chi connectivity index (χ1v) is 5.13. The molecule has 0 bridgehead atoms. The summed E-state index contributed by atoms with van der Waals surface area (Å²) in [6.07, 6.45) is 0. The van der Waals surface area contributed by atoms with Gasteiger partial charge >= 0.3 is 0 Å². The zero-order chi connectivity index (χ0) is 11.5. The van der Waals surface area contributed by atoms with Gasteiger partial charge < -0.3 is 5.32 Å². The van der Waals surface area contributed by atoms with Crippen LogP contribution in [0, 0.1) is 0 Å². The van der Waals surface area contributed by atoms with E-state index in [-0.39, 0.29) is 4.28 Å². The fraction of sp³-hybridized carbons (Fsp3) is 0.273. The Balaban J connectivity index is -0.000000750. The van der Waals surface area contributed by atoms with Crippen LogP contribution in [0.25, 0.3) is 5.57 Å². The van der Waals surface area contributed by atoms with Gasteiger partial charge in [-0.25, -0.2) is 5.43 Å². The summed E-state index contributed by atoms with van der Waals surface area (Å²) >= 11 is 4.31. The molecular formula is C11H23N3S. The Labute approximate surface area is 101 Å². The molecule has 0 spiro atoms. The molecule has 0 aromatic heterocycles. The van der Waals surface area contributed by atoms with Crippen LogP contribution in [0.1, 0.15) is 23.7 Å². The van der Waals surface area contributed by atoms with Crippen LogP contribution in [0.15, 0.2) is 30.8 Å². The van der Waals surface area contributed by atoms with Crippen molar-refractivity contribution >= 4 is 23.9 Å². The zero-order valence-electron chi connectivity index (χ0n) is 9.04. The Morgan fingerprint density at radius 3 is 2.80 bits per heavy atom. The smallest absolute Gasteiger partial charge is 0.143 e. The van der Waals surface area contributed by atoms with Crippen molar-refractivity contribution in [3.05, 3.63) is 36.4 Å². The Hall–Kier alpha value is -0.970. The van der Waals surface area contributed by atoms with Gasteiger partial charge in [0.15, 0.2) is 0 Å². The molecule has 4 heteroatoms. The highest BCUT2D eigenvalue weighted by molar-refractivity contribution is 7.81. The van der Waals surface area contributed by atoms with Crippen molar-refractivity contribution in [1.29, 1.82) is 0 Å². The van der Waals surface area contributed by atoms with E-state index in [4.69, 9.17) is 5.84 Å². The molecule has 0 saturated heterocycles. The maximum absolute atomic E-state index is 5.35. The van der Waals surface area contributed by atoms with E-state index in [0.717, 1.165) is 16.8 Å². The third kappa shape index (κ3) is 3.58. The van der Waals surface area contributed by atoms with Crippen LogP contribution in [0.3, 0.4) is 0 Å². The maximum atomic E-state index is 5.35. The molecular weight excluding hydrogens is 206 g/mol. The molecule has 15 heavy (non-hydrogen) atoms. The summed E-state index contributed by atoms with van der Waals surface area (Å²) in [6, 6.07) is 7.94. The van der Waals surface area contributed by atoms with E-state index in [1.165, 1.54) is 0 Å². The summed E-state index contributed by atoms with van der Waals surface area (Å²) in [5.74, 6) is 5.35. The average Bonchev–Trinajstić information content (AvgIpc) is 2.17. The largest absolute Gasteiger partial charge is 0.358 e. The molecule has 1 rings (SSSR count). The van der Waals surface area contributed by atoms with Crippen LogP contribution in [-0.2, 0) is 0 Å². The number of hydrogen-bond donors (Lipinski definition) is 4. The van der Waals surface area contributed by atoms with Crippen molar-refractivity contribution in [2.75, 3.05) is 5.32 Å². The van der Waals surface area contributed by atoms with Gasteiger partial charge in [0.25, 0.3) is 0 Å². The monoisotopic (exact) mass is 229 g/mol. The van der Waals surface area contributed by atoms with Gasteiger partial charge in [0.2, 0.25) is 0 Å². The fourth-order valence-electron chi connectivity index (χ4n) is 1.18. The van der Waals surface area contributed by atoms with Gasteiger partial charge in [0.1, 0.15) is 4.99 Å². The highest BCUT2D eigenvalue weighted by atomic mass is 32.1. The quantitative estimate of drug-likeness (QED) is 0.278. The van der Waals surface area contributed by atoms with Crippen LogP contribution >= 0.6 is 12.6 Å². The third-order valence-electron chi connectivity index (χ3n) is 2.02. The second kappa shape index (κ2) is 4.70. The number of benzene rings is 1. The normalized spacial score (nSPS) is 14.4. The molecule has 88 valence electrons. The Kier molecular flexibility index (Phi) is 3.79. The van der Waals surface area contributed by atoms with E-state index >= 15 is 0 Å². The number of nitrogens with one attached hydrogen (secondary N) is 2. The average molecular weight is 229 g/mol. The number of hydrazine groups is 1. The highest BCUT2D eigenvalue weighted by Crippen LogP contribution is 2.20. The van der Waals surface area contributed by atoms with E-state index in [0.29, 0.717) is 0 Å². The molecule has 1 aromatic rings. The molecule has 0 fully saturated rings. The molecule has 1 atom stereocenters. The second-order valence-corrected chi connectivity index (χ2v) is 4.60. The van der Waals surface area contributed by atoms with E-state index in [1.54, 1.807) is 0 Å². The van der Waals surface area contributed by atoms with E-state index < -0.39 is 4.99 Å². The molecule has 0 aliphatic rings. The van der Waals surface area contributed by atoms with Gasteiger partial charge in [-0.15, -0.1) is 12.6 Å². The zero-order valence-corrected chi connectivity index (χ0v) is 9.94. The predicted octanol–water partition coefficient (Wildman–Crippen LogP) is 2.94. The number of thiol groups is 1. The molecule has 0 saturated carbocycles. The van der Waals surface area contributed by atoms with Crippen molar-refractivity contribution in [3.8, 4) is 0 Å². The number of hydrogen-bond acceptors (Lipinski definition) is 4. The van der Waals surface area contributed by atoms with Crippen LogP contribution in [-0.4, -0.2) is 4.99 Å². The fourth-order valence-corrected chi connectivity index (χ4v) is 1.31. The molecule has 4 N–H and O–H groups in total. The first-order chi connectivity index (χ1) is 6.94. The molecule has 0 aliphatic carbocycles. The molecule has 1 aromatic carbocycles. The lowest BCUT2D eigenvalue weighted by molar-refractivity contribution is 0.583. The minimum atomic E-state index is -0.631. The summed E-state index contributed by atoms with van der Waals surface area (Å²) in [7, 11) is 0. The lowest BCUT2D eigenvalue weighted by Crippen LogP contribution is -2.48. The summed E-state index contributed by atoms with van der Waals surface area (Å²) in [4.78, 5) is -0.631. The third-order valence-corrected chi connectivity index (χ3v) is 2.27. The molecule has 0 aliphatic heterocycles. The summed E-state index contributed by atoms with van der Waals surface area (Å²) in [6.45, 7) is 7.71. The highest BCUT2D eigenvalue weighted by Gasteiger charge is 2.15. The second-order valence-electron chi connectivity index (χ2n) is 3.70. The maximum Gasteiger partial charge on any atom is 0.143 e. The van der Waals surface area contributed by atoms with Crippen LogP contribution in [0.2, 0.25) is 0 Å². The van der Waals surface area contributed by atoms with Crippen molar-refractivity contribution in [2.24, 2.45) is 5.84 Å². The van der Waals surface area contributed by atoms with Crippen molar-refractivity contribution in [2.45, 2.75) is 18.8 Å². The van der Waals surface area contributed by atoms with Crippen LogP contribution in [0.4, 0.5) is 5.69 Å². The molecule has 1 unspecified atom stereocenters. The minimum absolute atomic E-state index is 0. The summed E-state index contributed by atoms with van der Waals surface area (Å²) < 4.78 is 0. The van der Waals surface area contributed by atoms with Gasteiger partial charge in [-0.3, -0.25) is 5.84 Å². The molecule has 3 nitrogen and oxygen atoms in total. The Bertz CT molecular complexity index is 372. The standard InChI is InChI=1S/C11H17N3S.3H2/c1-8(2)9-5-4-6-10(7-9)13-11(3,15)14-12;;;/h4-7,13-15H,1,12H2,2-3H3;3*1H. The Morgan fingerprint density at radius 2 is 2.27 bits per heavy atom. The minimum Gasteiger partial charge on any atom is -0.358 e. The van der Waals surface area contributed by atoms with Crippen molar-refractivity contribution in [1.82, 2.24) is 5.43 Å². The predicted molar refractivity (Wildman–Crippen MR) is 75.8 cm³/mol. The first-order valence-electron chi connectivity index (χ1n) is 4.69. The van der Waals surface area contributed by atoms with Gasteiger partial charge in [-0.1, -0.05) is 24.3 Å². The lowest BCUT2D eigenvalue weighted by Gasteiger charge is -2.25. The number of nitrogens with two attached hydrogens (primary N) is 1. The topological polar surface area (TPSA) is 50.1 Å². The van der Waals surface area contributed by atoms with E-state index in [2.05, 4.69) is 30.0 Å².